The van der Waals surface area contributed by atoms with Gasteiger partial charge in [-0.25, -0.2) is 0 Å². The molecular formula is C19H24N2O3. The Morgan fingerprint density at radius 1 is 1.08 bits per heavy atom. The zero-order valence-corrected chi connectivity index (χ0v) is 13.9. The van der Waals surface area contributed by atoms with Crippen molar-refractivity contribution in [1.29, 1.82) is 0 Å². The van der Waals surface area contributed by atoms with Gasteiger partial charge in [0, 0.05) is 31.8 Å². The van der Waals surface area contributed by atoms with E-state index in [2.05, 4.69) is 17.4 Å². The summed E-state index contributed by atoms with van der Waals surface area (Å²) in [5, 5.41) is 2.90. The second-order valence-corrected chi connectivity index (χ2v) is 6.70. The highest BCUT2D eigenvalue weighted by molar-refractivity contribution is 5.97. The Morgan fingerprint density at radius 3 is 2.50 bits per heavy atom. The molecule has 1 aliphatic carbocycles. The largest absolute Gasteiger partial charge is 0.354 e. The van der Waals surface area contributed by atoms with Crippen LogP contribution in [0, 0.1) is 5.92 Å². The van der Waals surface area contributed by atoms with Gasteiger partial charge in [-0.3, -0.25) is 19.3 Å². The zero-order chi connectivity index (χ0) is 16.9. The van der Waals surface area contributed by atoms with Gasteiger partial charge in [0.2, 0.25) is 17.7 Å². The average Bonchev–Trinajstić information content (AvgIpc) is 3.08. The molecule has 2 aliphatic rings. The number of rotatable bonds is 5. The maximum Gasteiger partial charge on any atom is 0.229 e. The van der Waals surface area contributed by atoms with Crippen molar-refractivity contribution in [2.75, 3.05) is 13.1 Å². The molecule has 3 amide bonds. The molecule has 2 fully saturated rings. The number of nitrogens with one attached hydrogen (secondary N) is 1. The number of hydrogen-bond acceptors (Lipinski definition) is 3. The Bertz CT molecular complexity index is 598. The van der Waals surface area contributed by atoms with Gasteiger partial charge in [0.15, 0.2) is 0 Å². The Kier molecular flexibility index (Phi) is 5.28. The smallest absolute Gasteiger partial charge is 0.229 e. The summed E-state index contributed by atoms with van der Waals surface area (Å²) in [4.78, 5) is 37.1. The lowest BCUT2D eigenvalue weighted by atomic mass is 9.96. The minimum absolute atomic E-state index is 0.0305. The fourth-order valence-electron chi connectivity index (χ4n) is 3.73. The highest BCUT2D eigenvalue weighted by Gasteiger charge is 2.31. The molecule has 1 saturated heterocycles. The van der Waals surface area contributed by atoms with Gasteiger partial charge in [-0.1, -0.05) is 30.3 Å². The fraction of sp³-hybridized carbons (Fsp3) is 0.526. The Morgan fingerprint density at radius 2 is 1.79 bits per heavy atom. The molecule has 0 radical (unpaired) electrons. The van der Waals surface area contributed by atoms with Gasteiger partial charge in [0.25, 0.3) is 0 Å². The van der Waals surface area contributed by atoms with E-state index in [9.17, 15) is 14.4 Å². The molecule has 2 atom stereocenters. The molecule has 1 aromatic rings. The average molecular weight is 328 g/mol. The third kappa shape index (κ3) is 3.83. The summed E-state index contributed by atoms with van der Waals surface area (Å²) in [6.45, 7) is 0.640. The highest BCUT2D eigenvalue weighted by atomic mass is 16.2. The van der Waals surface area contributed by atoms with Crippen molar-refractivity contribution in [1.82, 2.24) is 10.2 Å². The first kappa shape index (κ1) is 16.7. The van der Waals surface area contributed by atoms with Crippen molar-refractivity contribution in [3.05, 3.63) is 35.9 Å². The second-order valence-electron chi connectivity index (χ2n) is 6.70. The maximum atomic E-state index is 12.3. The van der Waals surface area contributed by atoms with Crippen LogP contribution in [0.3, 0.4) is 0 Å². The third-order valence-electron chi connectivity index (χ3n) is 5.09. The summed E-state index contributed by atoms with van der Waals surface area (Å²) in [5.74, 6) is 0.288. The number of nitrogens with zero attached hydrogens (tertiary/aromatic N) is 1. The number of carbonyl (C=O) groups is 3. The number of hydrogen-bond donors (Lipinski definition) is 1. The topological polar surface area (TPSA) is 66.5 Å². The van der Waals surface area contributed by atoms with Gasteiger partial charge in [0.05, 0.1) is 0 Å². The van der Waals surface area contributed by atoms with Crippen LogP contribution >= 0.6 is 0 Å². The van der Waals surface area contributed by atoms with Crippen LogP contribution in [0.15, 0.2) is 30.3 Å². The molecule has 1 heterocycles. The molecule has 1 aliphatic heterocycles. The van der Waals surface area contributed by atoms with E-state index >= 15 is 0 Å². The SMILES string of the molecule is O=C(NCCN1C(=O)CCCC1=O)[C@@H]1CC[C@@H](c2ccccc2)C1. The zero-order valence-electron chi connectivity index (χ0n) is 13.9. The van der Waals surface area contributed by atoms with E-state index in [0.29, 0.717) is 31.7 Å². The molecule has 1 saturated carbocycles. The molecule has 1 aromatic carbocycles. The molecule has 5 heteroatoms. The molecule has 0 bridgehead atoms. The number of likely N-dealkylation sites (tertiary alicyclic amines) is 1. The molecular weight excluding hydrogens is 304 g/mol. The van der Waals surface area contributed by atoms with E-state index in [1.807, 2.05) is 18.2 Å². The van der Waals surface area contributed by atoms with Crippen molar-refractivity contribution < 1.29 is 14.4 Å². The van der Waals surface area contributed by atoms with E-state index in [1.165, 1.54) is 10.5 Å². The van der Waals surface area contributed by atoms with Crippen LogP contribution in [0.25, 0.3) is 0 Å². The highest BCUT2D eigenvalue weighted by Crippen LogP contribution is 2.38. The molecule has 3 rings (SSSR count). The van der Waals surface area contributed by atoms with Gasteiger partial charge >= 0.3 is 0 Å². The number of benzene rings is 1. The summed E-state index contributed by atoms with van der Waals surface area (Å²) in [5.41, 5.74) is 1.30. The van der Waals surface area contributed by atoms with Crippen molar-refractivity contribution in [2.45, 2.75) is 44.4 Å². The van der Waals surface area contributed by atoms with E-state index in [1.54, 1.807) is 0 Å². The minimum atomic E-state index is -0.120. The standard InChI is InChI=1S/C19H24N2O3/c22-17-7-4-8-18(23)21(17)12-11-20-19(24)16-10-9-15(13-16)14-5-2-1-3-6-14/h1-3,5-6,15-16H,4,7-13H2,(H,20,24)/t15-,16-/m1/s1. The first-order valence-corrected chi connectivity index (χ1v) is 8.81. The Labute approximate surface area is 142 Å². The van der Waals surface area contributed by atoms with Crippen molar-refractivity contribution in [3.63, 3.8) is 0 Å². The normalized spacial score (nSPS) is 24.2. The summed E-state index contributed by atoms with van der Waals surface area (Å²) < 4.78 is 0. The van der Waals surface area contributed by atoms with Crippen LogP contribution in [0.4, 0.5) is 0 Å². The lowest BCUT2D eigenvalue weighted by Gasteiger charge is -2.25. The molecule has 24 heavy (non-hydrogen) atoms. The van der Waals surface area contributed by atoms with Crippen LogP contribution in [-0.4, -0.2) is 35.7 Å². The first-order chi connectivity index (χ1) is 11.6. The number of piperidine rings is 1. The van der Waals surface area contributed by atoms with E-state index in [4.69, 9.17) is 0 Å². The molecule has 0 spiro atoms. The number of amides is 3. The Balaban J connectivity index is 1.44. The quantitative estimate of drug-likeness (QED) is 0.843. The molecule has 0 aromatic heterocycles. The lowest BCUT2D eigenvalue weighted by molar-refractivity contribution is -0.148. The fourth-order valence-corrected chi connectivity index (χ4v) is 3.73. The van der Waals surface area contributed by atoms with Crippen molar-refractivity contribution in [2.24, 2.45) is 5.92 Å². The molecule has 5 nitrogen and oxygen atoms in total. The molecule has 128 valence electrons. The van der Waals surface area contributed by atoms with Gasteiger partial charge in [-0.15, -0.1) is 0 Å². The van der Waals surface area contributed by atoms with Crippen LogP contribution in [0.1, 0.15) is 50.0 Å². The monoisotopic (exact) mass is 328 g/mol. The predicted molar refractivity (Wildman–Crippen MR) is 90.1 cm³/mol. The van der Waals surface area contributed by atoms with Gasteiger partial charge < -0.3 is 5.32 Å². The minimum Gasteiger partial charge on any atom is -0.354 e. The maximum absolute atomic E-state index is 12.3. The summed E-state index contributed by atoms with van der Waals surface area (Å²) in [6, 6.07) is 10.3. The van der Waals surface area contributed by atoms with Gasteiger partial charge in [-0.05, 0) is 37.2 Å². The number of carbonyl (C=O) groups excluding carboxylic acids is 3. The summed E-state index contributed by atoms with van der Waals surface area (Å²) in [7, 11) is 0. The van der Waals surface area contributed by atoms with Crippen LogP contribution in [0.2, 0.25) is 0 Å². The predicted octanol–water partition coefficient (Wildman–Crippen LogP) is 2.23. The molecule has 1 N–H and O–H groups in total. The van der Waals surface area contributed by atoms with Gasteiger partial charge in [-0.2, -0.15) is 0 Å². The summed E-state index contributed by atoms with van der Waals surface area (Å²) in [6.07, 6.45) is 4.31. The second kappa shape index (κ2) is 7.60. The van der Waals surface area contributed by atoms with Crippen LogP contribution in [0.5, 0.6) is 0 Å². The van der Waals surface area contributed by atoms with E-state index in [0.717, 1.165) is 19.3 Å². The van der Waals surface area contributed by atoms with E-state index < -0.39 is 0 Å². The van der Waals surface area contributed by atoms with Crippen molar-refractivity contribution >= 4 is 17.7 Å². The first-order valence-electron chi connectivity index (χ1n) is 8.81. The third-order valence-corrected chi connectivity index (χ3v) is 5.09. The number of imide groups is 1. The van der Waals surface area contributed by atoms with Crippen molar-refractivity contribution in [3.8, 4) is 0 Å². The van der Waals surface area contributed by atoms with Crippen LogP contribution < -0.4 is 5.32 Å². The molecule has 0 unspecified atom stereocenters. The lowest BCUT2D eigenvalue weighted by Crippen LogP contribution is -2.45. The Hall–Kier alpha value is -2.17. The van der Waals surface area contributed by atoms with Gasteiger partial charge in [0.1, 0.15) is 0 Å². The summed E-state index contributed by atoms with van der Waals surface area (Å²) >= 11 is 0. The van der Waals surface area contributed by atoms with Crippen LogP contribution in [-0.2, 0) is 14.4 Å². The van der Waals surface area contributed by atoms with E-state index in [-0.39, 0.29) is 30.2 Å².